The number of carbonyl (C=O) groups is 1. The maximum Gasteiger partial charge on any atom is 0.313 e. The van der Waals surface area contributed by atoms with Crippen LogP contribution in [-0.4, -0.2) is 22.4 Å². The van der Waals surface area contributed by atoms with E-state index in [4.69, 9.17) is 4.74 Å². The SMILES string of the molecule is CCOC(=O)C(C)c1c(C)nn(CCC(C)C)c1C. The molecule has 1 rings (SSSR count). The smallest absolute Gasteiger partial charge is 0.313 e. The summed E-state index contributed by atoms with van der Waals surface area (Å²) in [5.41, 5.74) is 3.03. The molecule has 0 fully saturated rings. The first-order valence-corrected chi connectivity index (χ1v) is 7.09. The molecule has 1 heterocycles. The third-order valence-electron chi connectivity index (χ3n) is 3.43. The molecule has 19 heavy (non-hydrogen) atoms. The lowest BCUT2D eigenvalue weighted by atomic mass is 9.99. The summed E-state index contributed by atoms with van der Waals surface area (Å²) in [7, 11) is 0. The van der Waals surface area contributed by atoms with Crippen molar-refractivity contribution in [3.8, 4) is 0 Å². The molecule has 0 aliphatic heterocycles. The Morgan fingerprint density at radius 2 is 1.95 bits per heavy atom. The second kappa shape index (κ2) is 6.73. The van der Waals surface area contributed by atoms with Gasteiger partial charge in [-0.05, 0) is 40.0 Å². The van der Waals surface area contributed by atoms with Crippen molar-refractivity contribution in [2.75, 3.05) is 6.61 Å². The number of rotatable bonds is 6. The highest BCUT2D eigenvalue weighted by atomic mass is 16.5. The average molecular weight is 266 g/mol. The van der Waals surface area contributed by atoms with Gasteiger partial charge in [0.1, 0.15) is 0 Å². The van der Waals surface area contributed by atoms with E-state index in [1.54, 1.807) is 0 Å². The van der Waals surface area contributed by atoms with E-state index in [1.807, 2.05) is 32.4 Å². The molecule has 108 valence electrons. The van der Waals surface area contributed by atoms with Gasteiger partial charge >= 0.3 is 5.97 Å². The predicted octanol–water partition coefficient (Wildman–Crippen LogP) is 3.21. The Hall–Kier alpha value is -1.32. The van der Waals surface area contributed by atoms with E-state index in [0.717, 1.165) is 29.9 Å². The minimum absolute atomic E-state index is 0.169. The third kappa shape index (κ3) is 3.82. The molecule has 0 saturated heterocycles. The largest absolute Gasteiger partial charge is 0.466 e. The molecule has 0 bridgehead atoms. The molecule has 0 aliphatic carbocycles. The second-order valence-electron chi connectivity index (χ2n) is 5.46. The number of ether oxygens (including phenoxy) is 1. The first-order valence-electron chi connectivity index (χ1n) is 7.09. The number of hydrogen-bond acceptors (Lipinski definition) is 3. The number of esters is 1. The van der Waals surface area contributed by atoms with Crippen LogP contribution in [0.4, 0.5) is 0 Å². The Kier molecular flexibility index (Phi) is 5.58. The zero-order valence-corrected chi connectivity index (χ0v) is 13.0. The van der Waals surface area contributed by atoms with E-state index < -0.39 is 0 Å². The highest BCUT2D eigenvalue weighted by Gasteiger charge is 2.24. The molecule has 0 amide bonds. The minimum Gasteiger partial charge on any atom is -0.466 e. The van der Waals surface area contributed by atoms with Crippen molar-refractivity contribution in [2.24, 2.45) is 5.92 Å². The Balaban J connectivity index is 2.93. The summed E-state index contributed by atoms with van der Waals surface area (Å²) in [6.45, 7) is 13.4. The molecule has 0 saturated carbocycles. The predicted molar refractivity (Wildman–Crippen MR) is 76.2 cm³/mol. The summed E-state index contributed by atoms with van der Waals surface area (Å²) in [6.07, 6.45) is 1.09. The van der Waals surface area contributed by atoms with Crippen molar-refractivity contribution in [3.63, 3.8) is 0 Å². The number of carbonyl (C=O) groups excluding carboxylic acids is 1. The maximum atomic E-state index is 11.9. The Labute approximate surface area is 116 Å². The van der Waals surface area contributed by atoms with Gasteiger partial charge in [0, 0.05) is 17.8 Å². The Morgan fingerprint density at radius 1 is 1.32 bits per heavy atom. The summed E-state index contributed by atoms with van der Waals surface area (Å²) in [6, 6.07) is 0. The van der Waals surface area contributed by atoms with Crippen LogP contribution < -0.4 is 0 Å². The van der Waals surface area contributed by atoms with Gasteiger partial charge in [0.05, 0.1) is 18.2 Å². The maximum absolute atomic E-state index is 11.9. The first-order chi connectivity index (χ1) is 8.88. The third-order valence-corrected chi connectivity index (χ3v) is 3.43. The van der Waals surface area contributed by atoms with Crippen LogP contribution in [0.2, 0.25) is 0 Å². The molecule has 0 radical (unpaired) electrons. The molecule has 0 spiro atoms. The van der Waals surface area contributed by atoms with Crippen LogP contribution >= 0.6 is 0 Å². The van der Waals surface area contributed by atoms with Gasteiger partial charge in [0.15, 0.2) is 0 Å². The summed E-state index contributed by atoms with van der Waals surface area (Å²) in [4.78, 5) is 11.9. The summed E-state index contributed by atoms with van der Waals surface area (Å²) < 4.78 is 7.11. The Morgan fingerprint density at radius 3 is 2.47 bits per heavy atom. The van der Waals surface area contributed by atoms with Gasteiger partial charge in [-0.3, -0.25) is 9.48 Å². The molecule has 1 unspecified atom stereocenters. The van der Waals surface area contributed by atoms with Crippen molar-refractivity contribution in [1.29, 1.82) is 0 Å². The monoisotopic (exact) mass is 266 g/mol. The van der Waals surface area contributed by atoms with Crippen molar-refractivity contribution in [3.05, 3.63) is 17.0 Å². The quantitative estimate of drug-likeness (QED) is 0.743. The van der Waals surface area contributed by atoms with Gasteiger partial charge in [-0.25, -0.2) is 0 Å². The first kappa shape index (κ1) is 15.7. The van der Waals surface area contributed by atoms with Gasteiger partial charge < -0.3 is 4.74 Å². The summed E-state index contributed by atoms with van der Waals surface area (Å²) >= 11 is 0. The Bertz CT molecular complexity index is 436. The number of aryl methyl sites for hydroxylation is 2. The lowest BCUT2D eigenvalue weighted by molar-refractivity contribution is -0.144. The lowest BCUT2D eigenvalue weighted by Gasteiger charge is -2.12. The highest BCUT2D eigenvalue weighted by molar-refractivity contribution is 5.78. The van der Waals surface area contributed by atoms with Crippen LogP contribution in [0.3, 0.4) is 0 Å². The van der Waals surface area contributed by atoms with Crippen molar-refractivity contribution < 1.29 is 9.53 Å². The molecule has 0 aliphatic rings. The molecular weight excluding hydrogens is 240 g/mol. The average Bonchev–Trinajstić information content (AvgIpc) is 2.61. The fourth-order valence-electron chi connectivity index (χ4n) is 2.32. The van der Waals surface area contributed by atoms with Crippen molar-refractivity contribution >= 4 is 5.97 Å². The molecule has 1 atom stereocenters. The number of nitrogens with zero attached hydrogens (tertiary/aromatic N) is 2. The lowest BCUT2D eigenvalue weighted by Crippen LogP contribution is -2.14. The van der Waals surface area contributed by atoms with Gasteiger partial charge in [-0.1, -0.05) is 13.8 Å². The standard InChI is InChI=1S/C15H26N2O2/c1-7-19-15(18)11(4)14-12(5)16-17(13(14)6)9-8-10(2)3/h10-11H,7-9H2,1-6H3. The van der Waals surface area contributed by atoms with Gasteiger partial charge in [-0.2, -0.15) is 5.10 Å². The number of aromatic nitrogens is 2. The van der Waals surface area contributed by atoms with Crippen LogP contribution in [0.25, 0.3) is 0 Å². The molecule has 4 heteroatoms. The van der Waals surface area contributed by atoms with E-state index in [1.165, 1.54) is 0 Å². The van der Waals surface area contributed by atoms with E-state index in [-0.39, 0.29) is 11.9 Å². The van der Waals surface area contributed by atoms with Crippen LogP contribution in [0.5, 0.6) is 0 Å². The van der Waals surface area contributed by atoms with Gasteiger partial charge in [-0.15, -0.1) is 0 Å². The van der Waals surface area contributed by atoms with Crippen LogP contribution in [0.1, 0.15) is 57.0 Å². The van der Waals surface area contributed by atoms with Crippen molar-refractivity contribution in [1.82, 2.24) is 9.78 Å². The van der Waals surface area contributed by atoms with Gasteiger partial charge in [0.25, 0.3) is 0 Å². The molecule has 1 aromatic rings. The van der Waals surface area contributed by atoms with Crippen LogP contribution in [0.15, 0.2) is 0 Å². The fraction of sp³-hybridized carbons (Fsp3) is 0.733. The zero-order chi connectivity index (χ0) is 14.6. The normalized spacial score (nSPS) is 12.8. The molecule has 4 nitrogen and oxygen atoms in total. The van der Waals surface area contributed by atoms with Crippen LogP contribution in [0, 0.1) is 19.8 Å². The van der Waals surface area contributed by atoms with Crippen LogP contribution in [-0.2, 0) is 16.1 Å². The highest BCUT2D eigenvalue weighted by Crippen LogP contribution is 2.24. The van der Waals surface area contributed by atoms with E-state index >= 15 is 0 Å². The molecule has 0 N–H and O–H groups in total. The summed E-state index contributed by atoms with van der Waals surface area (Å²) in [5, 5.41) is 4.55. The van der Waals surface area contributed by atoms with E-state index in [9.17, 15) is 4.79 Å². The summed E-state index contributed by atoms with van der Waals surface area (Å²) in [5.74, 6) is 0.236. The molecule has 0 aromatic carbocycles. The van der Waals surface area contributed by atoms with Crippen molar-refractivity contribution in [2.45, 2.75) is 60.4 Å². The molecular formula is C15H26N2O2. The minimum atomic E-state index is -0.243. The number of hydrogen-bond donors (Lipinski definition) is 0. The fourth-order valence-corrected chi connectivity index (χ4v) is 2.32. The van der Waals surface area contributed by atoms with Gasteiger partial charge in [0.2, 0.25) is 0 Å². The van der Waals surface area contributed by atoms with E-state index in [2.05, 4.69) is 18.9 Å². The topological polar surface area (TPSA) is 44.1 Å². The molecule has 1 aromatic heterocycles. The second-order valence-corrected chi connectivity index (χ2v) is 5.46. The van der Waals surface area contributed by atoms with E-state index in [0.29, 0.717) is 12.5 Å². The zero-order valence-electron chi connectivity index (χ0n) is 13.0.